The fourth-order valence-electron chi connectivity index (χ4n) is 2.66. The van der Waals surface area contributed by atoms with Gasteiger partial charge in [-0.15, -0.1) is 0 Å². The first-order valence-corrected chi connectivity index (χ1v) is 8.28. The van der Waals surface area contributed by atoms with Crippen LogP contribution in [0.5, 0.6) is 11.5 Å². The molecule has 7 nitrogen and oxygen atoms in total. The number of nitrogens with one attached hydrogen (secondary N) is 1. The highest BCUT2D eigenvalue weighted by molar-refractivity contribution is 5.79. The molecule has 25 heavy (non-hydrogen) atoms. The Morgan fingerprint density at radius 1 is 1.40 bits per heavy atom. The van der Waals surface area contributed by atoms with Crippen LogP contribution in [0.4, 0.5) is 0 Å². The standard InChI is InChI=1S/C18H23N3O4/c1-18(2,3)17-20-14(25-21-17)9-19-16(22)12-8-11-6-5-7-13(23-4)15(11)24-10-12/h5-7,12H,8-10H2,1-4H3,(H,19,22)/t12-/m0/s1. The monoisotopic (exact) mass is 345 g/mol. The lowest BCUT2D eigenvalue weighted by molar-refractivity contribution is -0.126. The third-order valence-electron chi connectivity index (χ3n) is 4.10. The summed E-state index contributed by atoms with van der Waals surface area (Å²) in [4.78, 5) is 16.7. The highest BCUT2D eigenvalue weighted by Gasteiger charge is 2.28. The van der Waals surface area contributed by atoms with Gasteiger partial charge < -0.3 is 19.3 Å². The van der Waals surface area contributed by atoms with Gasteiger partial charge >= 0.3 is 0 Å². The zero-order valence-corrected chi connectivity index (χ0v) is 15.0. The van der Waals surface area contributed by atoms with Crippen molar-refractivity contribution in [1.29, 1.82) is 0 Å². The average molecular weight is 345 g/mol. The Labute approximate surface area is 146 Å². The summed E-state index contributed by atoms with van der Waals surface area (Å²) in [5.74, 6) is 2.09. The summed E-state index contributed by atoms with van der Waals surface area (Å²) in [7, 11) is 1.61. The van der Waals surface area contributed by atoms with E-state index in [4.69, 9.17) is 14.0 Å². The smallest absolute Gasteiger partial charge is 0.246 e. The van der Waals surface area contributed by atoms with Crippen LogP contribution in [-0.2, 0) is 23.2 Å². The first-order chi connectivity index (χ1) is 11.9. The molecule has 0 aliphatic carbocycles. The van der Waals surface area contributed by atoms with E-state index in [9.17, 15) is 4.79 Å². The molecule has 1 amide bonds. The number of hydrogen-bond acceptors (Lipinski definition) is 6. The first-order valence-electron chi connectivity index (χ1n) is 8.28. The van der Waals surface area contributed by atoms with Crippen LogP contribution in [0.2, 0.25) is 0 Å². The van der Waals surface area contributed by atoms with Crippen molar-refractivity contribution < 1.29 is 18.8 Å². The van der Waals surface area contributed by atoms with Crippen LogP contribution < -0.4 is 14.8 Å². The van der Waals surface area contributed by atoms with Crippen LogP contribution in [0.3, 0.4) is 0 Å². The topological polar surface area (TPSA) is 86.5 Å². The highest BCUT2D eigenvalue weighted by atomic mass is 16.5. The third-order valence-corrected chi connectivity index (χ3v) is 4.10. The van der Waals surface area contributed by atoms with E-state index in [1.54, 1.807) is 7.11 Å². The van der Waals surface area contributed by atoms with Crippen molar-refractivity contribution in [3.63, 3.8) is 0 Å². The van der Waals surface area contributed by atoms with Gasteiger partial charge in [0.05, 0.1) is 19.6 Å². The molecule has 0 spiro atoms. The molecule has 1 aliphatic heterocycles. The van der Waals surface area contributed by atoms with Gasteiger partial charge in [0, 0.05) is 5.41 Å². The molecule has 1 aromatic heterocycles. The van der Waals surface area contributed by atoms with E-state index in [1.165, 1.54) is 0 Å². The normalized spacial score (nSPS) is 16.7. The minimum atomic E-state index is -0.260. The summed E-state index contributed by atoms with van der Waals surface area (Å²) in [6.07, 6.45) is 0.607. The lowest BCUT2D eigenvalue weighted by atomic mass is 9.95. The number of ether oxygens (including phenoxy) is 2. The van der Waals surface area contributed by atoms with Gasteiger partial charge in [0.25, 0.3) is 0 Å². The second kappa shape index (κ2) is 6.74. The number of aromatic nitrogens is 2. The summed E-state index contributed by atoms with van der Waals surface area (Å²) in [6.45, 7) is 6.54. The number of fused-ring (bicyclic) bond motifs is 1. The van der Waals surface area contributed by atoms with Gasteiger partial charge in [-0.3, -0.25) is 4.79 Å². The van der Waals surface area contributed by atoms with Crippen molar-refractivity contribution in [2.24, 2.45) is 5.92 Å². The molecule has 0 unspecified atom stereocenters. The van der Waals surface area contributed by atoms with E-state index in [1.807, 2.05) is 39.0 Å². The Hall–Kier alpha value is -2.57. The molecule has 7 heteroatoms. The van der Waals surface area contributed by atoms with Crippen LogP contribution in [-0.4, -0.2) is 29.8 Å². The molecule has 0 bridgehead atoms. The van der Waals surface area contributed by atoms with E-state index in [2.05, 4.69) is 15.5 Å². The fourth-order valence-corrected chi connectivity index (χ4v) is 2.66. The Morgan fingerprint density at radius 3 is 2.88 bits per heavy atom. The molecule has 1 aromatic carbocycles. The zero-order valence-electron chi connectivity index (χ0n) is 15.0. The largest absolute Gasteiger partial charge is 0.493 e. The second-order valence-electron chi connectivity index (χ2n) is 7.14. The molecule has 2 heterocycles. The fraction of sp³-hybridized carbons (Fsp3) is 0.500. The number of carbonyl (C=O) groups is 1. The number of hydrogen-bond donors (Lipinski definition) is 1. The number of methoxy groups -OCH3 is 1. The Kier molecular flexibility index (Phi) is 4.65. The zero-order chi connectivity index (χ0) is 18.0. The van der Waals surface area contributed by atoms with Gasteiger partial charge in [-0.25, -0.2) is 0 Å². The first kappa shape index (κ1) is 17.3. The van der Waals surface area contributed by atoms with Crippen molar-refractivity contribution in [2.45, 2.75) is 39.2 Å². The lowest BCUT2D eigenvalue weighted by Gasteiger charge is -2.25. The van der Waals surface area contributed by atoms with Gasteiger partial charge in [0.1, 0.15) is 6.61 Å². The van der Waals surface area contributed by atoms with E-state index in [0.29, 0.717) is 30.5 Å². The number of benzene rings is 1. The molecule has 0 saturated heterocycles. The number of para-hydroxylation sites is 1. The molecule has 3 rings (SSSR count). The number of carbonyl (C=O) groups excluding carboxylic acids is 1. The second-order valence-corrected chi connectivity index (χ2v) is 7.14. The minimum Gasteiger partial charge on any atom is -0.493 e. The number of amides is 1. The van der Waals surface area contributed by atoms with Crippen molar-refractivity contribution in [1.82, 2.24) is 15.5 Å². The van der Waals surface area contributed by atoms with E-state index in [0.717, 1.165) is 11.3 Å². The minimum absolute atomic E-state index is 0.0935. The van der Waals surface area contributed by atoms with Crippen LogP contribution in [0.25, 0.3) is 0 Å². The summed E-state index contributed by atoms with van der Waals surface area (Å²) in [5, 5.41) is 6.80. The van der Waals surface area contributed by atoms with Crippen molar-refractivity contribution in [3.05, 3.63) is 35.5 Å². The van der Waals surface area contributed by atoms with Gasteiger partial charge in [-0.1, -0.05) is 38.1 Å². The summed E-state index contributed by atoms with van der Waals surface area (Å²) >= 11 is 0. The van der Waals surface area contributed by atoms with Crippen LogP contribution >= 0.6 is 0 Å². The molecular formula is C18H23N3O4. The molecule has 1 aliphatic rings. The van der Waals surface area contributed by atoms with Gasteiger partial charge in [-0.2, -0.15) is 4.98 Å². The Bertz CT molecular complexity index is 764. The van der Waals surface area contributed by atoms with E-state index < -0.39 is 0 Å². The van der Waals surface area contributed by atoms with Gasteiger partial charge in [-0.05, 0) is 18.1 Å². The summed E-state index contributed by atoms with van der Waals surface area (Å²) < 4.78 is 16.2. The van der Waals surface area contributed by atoms with E-state index >= 15 is 0 Å². The molecule has 0 radical (unpaired) electrons. The van der Waals surface area contributed by atoms with Crippen molar-refractivity contribution >= 4 is 5.91 Å². The van der Waals surface area contributed by atoms with Crippen LogP contribution in [0.1, 0.15) is 38.0 Å². The predicted molar refractivity (Wildman–Crippen MR) is 90.5 cm³/mol. The average Bonchev–Trinajstić information content (AvgIpc) is 3.08. The predicted octanol–water partition coefficient (Wildman–Crippen LogP) is 2.24. The Balaban J connectivity index is 1.60. The number of rotatable bonds is 4. The molecule has 1 atom stereocenters. The molecule has 2 aromatic rings. The molecular weight excluding hydrogens is 322 g/mol. The molecule has 0 saturated carbocycles. The van der Waals surface area contributed by atoms with E-state index in [-0.39, 0.29) is 23.8 Å². The number of nitrogens with zero attached hydrogens (tertiary/aromatic N) is 2. The SMILES string of the molecule is COc1cccc2c1OC[C@@H](C(=O)NCc1nc(C(C)(C)C)no1)C2. The third kappa shape index (κ3) is 3.75. The van der Waals surface area contributed by atoms with Crippen molar-refractivity contribution in [3.8, 4) is 11.5 Å². The molecule has 134 valence electrons. The van der Waals surface area contributed by atoms with Crippen LogP contribution in [0, 0.1) is 5.92 Å². The quantitative estimate of drug-likeness (QED) is 0.914. The van der Waals surface area contributed by atoms with Crippen LogP contribution in [0.15, 0.2) is 22.7 Å². The van der Waals surface area contributed by atoms with Gasteiger partial charge in [0.2, 0.25) is 11.8 Å². The maximum Gasteiger partial charge on any atom is 0.246 e. The lowest BCUT2D eigenvalue weighted by Crippen LogP contribution is -2.37. The summed E-state index contributed by atoms with van der Waals surface area (Å²) in [6, 6.07) is 5.69. The summed E-state index contributed by atoms with van der Waals surface area (Å²) in [5.41, 5.74) is 0.782. The van der Waals surface area contributed by atoms with Gasteiger partial charge in [0.15, 0.2) is 17.3 Å². The maximum atomic E-state index is 12.4. The highest BCUT2D eigenvalue weighted by Crippen LogP contribution is 2.36. The maximum absolute atomic E-state index is 12.4. The Morgan fingerprint density at radius 2 is 2.20 bits per heavy atom. The molecule has 1 N–H and O–H groups in total. The molecule has 0 fully saturated rings. The van der Waals surface area contributed by atoms with Crippen molar-refractivity contribution in [2.75, 3.05) is 13.7 Å².